The Hall–Kier alpha value is -4.08. The van der Waals surface area contributed by atoms with Gasteiger partial charge in [-0.2, -0.15) is 4.31 Å². The molecule has 1 saturated heterocycles. The number of amides is 1. The quantitative estimate of drug-likeness (QED) is 0.266. The molecule has 1 amide bonds. The minimum absolute atomic E-state index is 0.0498. The Kier molecular flexibility index (Phi) is 9.63. The first-order valence-electron chi connectivity index (χ1n) is 12.9. The summed E-state index contributed by atoms with van der Waals surface area (Å²) in [6.07, 6.45) is 7.13. The molecule has 40 heavy (non-hydrogen) atoms. The van der Waals surface area contributed by atoms with Gasteiger partial charge in [-0.3, -0.25) is 4.79 Å². The zero-order chi connectivity index (χ0) is 28.5. The van der Waals surface area contributed by atoms with Crippen LogP contribution in [-0.2, 0) is 20.6 Å². The summed E-state index contributed by atoms with van der Waals surface area (Å²) in [6.45, 7) is 1.16. The Bertz CT molecular complexity index is 1460. The summed E-state index contributed by atoms with van der Waals surface area (Å²) in [4.78, 5) is 14.7. The Morgan fingerprint density at radius 2 is 1.48 bits per heavy atom. The van der Waals surface area contributed by atoms with Gasteiger partial charge in [0.15, 0.2) is 0 Å². The maximum Gasteiger partial charge on any atom is 0.246 e. The summed E-state index contributed by atoms with van der Waals surface area (Å²) in [5, 5.41) is 0. The van der Waals surface area contributed by atoms with E-state index in [2.05, 4.69) is 0 Å². The van der Waals surface area contributed by atoms with E-state index >= 15 is 0 Å². The first-order valence-corrected chi connectivity index (χ1v) is 14.5. The molecule has 8 nitrogen and oxygen atoms in total. The maximum absolute atomic E-state index is 13.1. The number of rotatable bonds is 10. The molecular weight excluding hydrogens is 528 g/mol. The Morgan fingerprint density at radius 1 is 0.800 bits per heavy atom. The van der Waals surface area contributed by atoms with Gasteiger partial charge in [0.2, 0.25) is 15.9 Å². The van der Waals surface area contributed by atoms with Gasteiger partial charge in [0, 0.05) is 43.9 Å². The maximum atomic E-state index is 13.1. The van der Waals surface area contributed by atoms with E-state index in [1.165, 1.54) is 10.4 Å². The summed E-state index contributed by atoms with van der Waals surface area (Å²) >= 11 is 0. The van der Waals surface area contributed by atoms with Crippen molar-refractivity contribution in [1.29, 1.82) is 0 Å². The second-order valence-electron chi connectivity index (χ2n) is 9.24. The zero-order valence-corrected chi connectivity index (χ0v) is 23.8. The summed E-state index contributed by atoms with van der Waals surface area (Å²) in [5.41, 5.74) is 3.27. The van der Waals surface area contributed by atoms with Crippen molar-refractivity contribution in [3.05, 3.63) is 95.1 Å². The lowest BCUT2D eigenvalue weighted by Crippen LogP contribution is -2.50. The van der Waals surface area contributed by atoms with Gasteiger partial charge in [-0.1, -0.05) is 54.6 Å². The highest BCUT2D eigenvalue weighted by molar-refractivity contribution is 7.88. The normalized spacial score (nSPS) is 14.5. The molecule has 1 heterocycles. The Balaban J connectivity index is 1.47. The Morgan fingerprint density at radius 3 is 2.10 bits per heavy atom. The summed E-state index contributed by atoms with van der Waals surface area (Å²) < 4.78 is 43.5. The molecule has 0 spiro atoms. The fraction of sp³-hybridized carbons (Fsp3) is 0.258. The van der Waals surface area contributed by atoms with Crippen LogP contribution < -0.4 is 14.2 Å². The third-order valence-electron chi connectivity index (χ3n) is 6.70. The van der Waals surface area contributed by atoms with Crippen molar-refractivity contribution in [3.8, 4) is 17.2 Å². The molecule has 0 aliphatic carbocycles. The van der Waals surface area contributed by atoms with Gasteiger partial charge >= 0.3 is 0 Å². The van der Waals surface area contributed by atoms with Crippen LogP contribution in [0.5, 0.6) is 17.2 Å². The molecule has 1 aliphatic rings. The number of benzene rings is 3. The van der Waals surface area contributed by atoms with Gasteiger partial charge in [-0.25, -0.2) is 8.42 Å². The molecule has 0 bridgehead atoms. The number of methoxy groups -OCH3 is 3. The largest absolute Gasteiger partial charge is 0.497 e. The van der Waals surface area contributed by atoms with Gasteiger partial charge in [0.1, 0.15) is 17.2 Å². The van der Waals surface area contributed by atoms with Crippen molar-refractivity contribution in [2.75, 3.05) is 47.5 Å². The highest BCUT2D eigenvalue weighted by Gasteiger charge is 2.28. The van der Waals surface area contributed by atoms with E-state index in [-0.39, 0.29) is 24.7 Å². The van der Waals surface area contributed by atoms with Crippen molar-refractivity contribution in [1.82, 2.24) is 9.21 Å². The summed E-state index contributed by atoms with van der Waals surface area (Å²) in [7, 11) is 1.32. The monoisotopic (exact) mass is 562 g/mol. The molecule has 0 aromatic heterocycles. The van der Waals surface area contributed by atoms with Crippen LogP contribution in [0.3, 0.4) is 0 Å². The summed E-state index contributed by atoms with van der Waals surface area (Å²) in [6, 6.07) is 20.4. The van der Waals surface area contributed by atoms with Gasteiger partial charge in [0.25, 0.3) is 0 Å². The minimum atomic E-state index is -3.46. The highest BCUT2D eigenvalue weighted by Crippen LogP contribution is 2.31. The van der Waals surface area contributed by atoms with Crippen LogP contribution in [0.25, 0.3) is 18.2 Å². The SMILES string of the molecule is COc1ccc(/C=C/c2cc(OC)cc(OC)c2/C=C/C(=O)N2CCN(S(=O)(=O)Cc3ccccc3)CC2)cc1. The first-order chi connectivity index (χ1) is 19.3. The van der Waals surface area contributed by atoms with Gasteiger partial charge in [0.05, 0.1) is 27.1 Å². The molecular formula is C31H34N2O6S. The third-order valence-corrected chi connectivity index (χ3v) is 8.55. The number of carbonyl (C=O) groups is 1. The van der Waals surface area contributed by atoms with E-state index in [9.17, 15) is 13.2 Å². The van der Waals surface area contributed by atoms with Crippen LogP contribution in [0.4, 0.5) is 0 Å². The van der Waals surface area contributed by atoms with Crippen molar-refractivity contribution < 1.29 is 27.4 Å². The van der Waals surface area contributed by atoms with Crippen LogP contribution in [0.1, 0.15) is 22.3 Å². The number of sulfonamides is 1. The number of hydrogen-bond donors (Lipinski definition) is 0. The van der Waals surface area contributed by atoms with E-state index in [4.69, 9.17) is 14.2 Å². The standard InChI is InChI=1S/C31H34N2O6S/c1-37-27-13-10-24(11-14-27)9-12-26-21-28(38-2)22-30(39-3)29(26)15-16-31(34)32-17-19-33(20-18-32)40(35,36)23-25-7-5-4-6-8-25/h4-16,21-22H,17-20,23H2,1-3H3/b12-9+,16-15+. The number of ether oxygens (including phenoxy) is 3. The van der Waals surface area contributed by atoms with Crippen LogP contribution >= 0.6 is 0 Å². The zero-order valence-electron chi connectivity index (χ0n) is 22.9. The van der Waals surface area contributed by atoms with E-state index in [0.29, 0.717) is 24.6 Å². The molecule has 0 N–H and O–H groups in total. The predicted molar refractivity (Wildman–Crippen MR) is 158 cm³/mol. The van der Waals surface area contributed by atoms with E-state index in [0.717, 1.165) is 28.0 Å². The van der Waals surface area contributed by atoms with E-state index < -0.39 is 10.0 Å². The smallest absolute Gasteiger partial charge is 0.246 e. The molecule has 3 aromatic rings. The number of nitrogens with zero attached hydrogens (tertiary/aromatic N) is 2. The molecule has 0 unspecified atom stereocenters. The lowest BCUT2D eigenvalue weighted by atomic mass is 10.0. The number of hydrogen-bond acceptors (Lipinski definition) is 6. The second-order valence-corrected chi connectivity index (χ2v) is 11.2. The molecule has 1 aliphatic heterocycles. The van der Waals surface area contributed by atoms with E-state index in [1.807, 2.05) is 60.7 Å². The van der Waals surface area contributed by atoms with Crippen LogP contribution in [-0.4, -0.2) is 71.0 Å². The van der Waals surface area contributed by atoms with Crippen molar-refractivity contribution >= 4 is 34.2 Å². The van der Waals surface area contributed by atoms with Gasteiger partial charge in [-0.15, -0.1) is 0 Å². The molecule has 1 fully saturated rings. The average Bonchev–Trinajstić information content (AvgIpc) is 2.99. The topological polar surface area (TPSA) is 85.4 Å². The fourth-order valence-electron chi connectivity index (χ4n) is 4.45. The number of carbonyl (C=O) groups excluding carboxylic acids is 1. The molecule has 3 aromatic carbocycles. The van der Waals surface area contributed by atoms with Crippen molar-refractivity contribution in [2.24, 2.45) is 0 Å². The molecule has 0 saturated carbocycles. The molecule has 0 atom stereocenters. The van der Waals surface area contributed by atoms with Crippen LogP contribution in [0, 0.1) is 0 Å². The van der Waals surface area contributed by atoms with Crippen molar-refractivity contribution in [2.45, 2.75) is 5.75 Å². The average molecular weight is 563 g/mol. The Labute approximate surface area is 236 Å². The molecule has 9 heteroatoms. The van der Waals surface area contributed by atoms with Crippen molar-refractivity contribution in [3.63, 3.8) is 0 Å². The molecule has 4 rings (SSSR count). The lowest BCUT2D eigenvalue weighted by molar-refractivity contribution is -0.127. The third kappa shape index (κ3) is 7.31. The first kappa shape index (κ1) is 28.9. The van der Waals surface area contributed by atoms with E-state index in [1.54, 1.807) is 50.5 Å². The van der Waals surface area contributed by atoms with Crippen LogP contribution in [0.15, 0.2) is 72.8 Å². The second kappa shape index (κ2) is 13.3. The molecule has 210 valence electrons. The highest BCUT2D eigenvalue weighted by atomic mass is 32.2. The van der Waals surface area contributed by atoms with Gasteiger partial charge in [-0.05, 0) is 41.0 Å². The van der Waals surface area contributed by atoms with Gasteiger partial charge < -0.3 is 19.1 Å². The van der Waals surface area contributed by atoms with Crippen LogP contribution in [0.2, 0.25) is 0 Å². The fourth-order valence-corrected chi connectivity index (χ4v) is 5.96. The predicted octanol–water partition coefficient (Wildman–Crippen LogP) is 4.57. The minimum Gasteiger partial charge on any atom is -0.497 e. The number of piperazine rings is 1. The molecule has 0 radical (unpaired) electrons. The lowest BCUT2D eigenvalue weighted by Gasteiger charge is -2.33. The summed E-state index contributed by atoms with van der Waals surface area (Å²) in [5.74, 6) is 1.73.